The van der Waals surface area contributed by atoms with Gasteiger partial charge in [0.2, 0.25) is 21.8 Å². The number of carbonyl (C=O) groups is 2. The minimum absolute atomic E-state index is 0.0346. The van der Waals surface area contributed by atoms with Crippen molar-refractivity contribution in [3.63, 3.8) is 0 Å². The van der Waals surface area contributed by atoms with E-state index in [1.807, 2.05) is 0 Å². The molecule has 0 aliphatic rings. The molecule has 0 fully saturated rings. The first-order valence-corrected chi connectivity index (χ1v) is 15.7. The first kappa shape index (κ1) is 33.8. The monoisotopic (exact) mass is 519 g/mol. The first-order chi connectivity index (χ1) is 16.9. The Morgan fingerprint density at radius 3 is 1.69 bits per heavy atom. The molecule has 0 bridgehead atoms. The van der Waals surface area contributed by atoms with Crippen LogP contribution < -0.4 is 15.9 Å². The second-order valence-corrected chi connectivity index (χ2v) is 11.4. The van der Waals surface area contributed by atoms with Crippen molar-refractivity contribution in [2.24, 2.45) is 5.90 Å². The van der Waals surface area contributed by atoms with Crippen molar-refractivity contribution in [3.8, 4) is 0 Å². The molecule has 0 atom stereocenters. The van der Waals surface area contributed by atoms with Crippen molar-refractivity contribution in [1.29, 1.82) is 0 Å². The highest BCUT2D eigenvalue weighted by molar-refractivity contribution is 7.90. The van der Waals surface area contributed by atoms with Crippen molar-refractivity contribution in [3.05, 3.63) is 0 Å². The number of amides is 2. The van der Waals surface area contributed by atoms with Crippen molar-refractivity contribution in [1.82, 2.24) is 10.0 Å². The molecule has 0 aromatic carbocycles. The van der Waals surface area contributed by atoms with Crippen LogP contribution in [0.25, 0.3) is 0 Å². The summed E-state index contributed by atoms with van der Waals surface area (Å²) >= 11 is 0. The molecule has 8 nitrogen and oxygen atoms in total. The van der Waals surface area contributed by atoms with Gasteiger partial charge in [-0.3, -0.25) is 14.3 Å². The second-order valence-electron chi connectivity index (χ2n) is 9.58. The lowest BCUT2D eigenvalue weighted by molar-refractivity contribution is -0.121. The van der Waals surface area contributed by atoms with Crippen molar-refractivity contribution >= 4 is 21.8 Å². The van der Waals surface area contributed by atoms with E-state index in [0.29, 0.717) is 38.8 Å². The Kier molecular flexibility index (Phi) is 23.7. The van der Waals surface area contributed by atoms with E-state index < -0.39 is 15.9 Å². The molecule has 35 heavy (non-hydrogen) atoms. The number of carbonyl (C=O) groups excluding carboxylic acids is 2. The normalized spacial score (nSPS) is 11.5. The largest absolute Gasteiger partial charge is 0.356 e. The quantitative estimate of drug-likeness (QED) is 0.106. The third-order valence-electron chi connectivity index (χ3n) is 6.10. The van der Waals surface area contributed by atoms with Crippen molar-refractivity contribution in [2.45, 2.75) is 135 Å². The van der Waals surface area contributed by atoms with Crippen LogP contribution in [-0.2, 0) is 24.4 Å². The maximum atomic E-state index is 12.1. The van der Waals surface area contributed by atoms with Gasteiger partial charge in [0.1, 0.15) is 0 Å². The van der Waals surface area contributed by atoms with E-state index in [2.05, 4.69) is 21.8 Å². The Bertz CT molecular complexity index is 614. The molecule has 0 rings (SSSR count). The topological polar surface area (TPSA) is 128 Å². The standard InChI is InChI=1S/C26H53N3O5S/c1-2-3-4-5-6-7-8-9-10-11-12-13-15-21-26(31)29-35(32,33)24-19-14-16-20-25(30)28-22-17-18-23-34-27/h2-24,27H2,1H3,(H,28,30)(H,29,31). The number of unbranched alkanes of at least 4 members (excludes halogenated alkanes) is 15. The fraction of sp³-hybridized carbons (Fsp3) is 0.923. The average Bonchev–Trinajstić information content (AvgIpc) is 2.81. The van der Waals surface area contributed by atoms with Crippen LogP contribution in [0.2, 0.25) is 0 Å². The smallest absolute Gasteiger partial charge is 0.234 e. The van der Waals surface area contributed by atoms with Crippen LogP contribution in [0.15, 0.2) is 0 Å². The van der Waals surface area contributed by atoms with E-state index in [4.69, 9.17) is 5.90 Å². The minimum Gasteiger partial charge on any atom is -0.356 e. The SMILES string of the molecule is CCCCCCCCCCCCCCCC(=O)NS(=O)(=O)CCCCCC(=O)NCCCCON. The highest BCUT2D eigenvalue weighted by Crippen LogP contribution is 2.13. The van der Waals surface area contributed by atoms with E-state index in [9.17, 15) is 18.0 Å². The van der Waals surface area contributed by atoms with E-state index >= 15 is 0 Å². The number of hydrogen-bond acceptors (Lipinski definition) is 6. The third kappa shape index (κ3) is 25.7. The molecule has 0 unspecified atom stereocenters. The minimum atomic E-state index is -3.59. The molecule has 0 aromatic heterocycles. The molecule has 0 aliphatic carbocycles. The lowest BCUT2D eigenvalue weighted by Gasteiger charge is -2.07. The molecule has 0 saturated heterocycles. The molecular weight excluding hydrogens is 466 g/mol. The Balaban J connectivity index is 3.56. The molecule has 2 amide bonds. The summed E-state index contributed by atoms with van der Waals surface area (Å²) in [5.74, 6) is 4.40. The summed E-state index contributed by atoms with van der Waals surface area (Å²) in [4.78, 5) is 28.1. The van der Waals surface area contributed by atoms with Crippen LogP contribution >= 0.6 is 0 Å². The number of nitrogens with two attached hydrogens (primary N) is 1. The number of hydrogen-bond donors (Lipinski definition) is 3. The summed E-state index contributed by atoms with van der Waals surface area (Å²) in [5, 5.41) is 2.82. The van der Waals surface area contributed by atoms with Gasteiger partial charge in [-0.1, -0.05) is 90.4 Å². The molecule has 9 heteroatoms. The number of sulfonamides is 1. The highest BCUT2D eigenvalue weighted by Gasteiger charge is 2.14. The van der Waals surface area contributed by atoms with Crippen LogP contribution in [0.4, 0.5) is 0 Å². The van der Waals surface area contributed by atoms with Gasteiger partial charge in [-0.2, -0.15) is 0 Å². The lowest BCUT2D eigenvalue weighted by Crippen LogP contribution is -2.32. The Morgan fingerprint density at radius 2 is 1.14 bits per heavy atom. The van der Waals surface area contributed by atoms with Gasteiger partial charge >= 0.3 is 0 Å². The van der Waals surface area contributed by atoms with Gasteiger partial charge in [0.05, 0.1) is 12.4 Å². The van der Waals surface area contributed by atoms with Gasteiger partial charge in [0.25, 0.3) is 0 Å². The maximum Gasteiger partial charge on any atom is 0.234 e. The number of rotatable bonds is 26. The average molecular weight is 520 g/mol. The molecule has 0 heterocycles. The Labute approximate surface area is 214 Å². The summed E-state index contributed by atoms with van der Waals surface area (Å²) in [6.45, 7) is 3.30. The second kappa shape index (κ2) is 24.5. The third-order valence-corrected chi connectivity index (χ3v) is 7.47. The summed E-state index contributed by atoms with van der Waals surface area (Å²) in [6.07, 6.45) is 19.9. The Hall–Kier alpha value is -1.19. The van der Waals surface area contributed by atoms with E-state index in [1.54, 1.807) is 0 Å². The van der Waals surface area contributed by atoms with E-state index in [-0.39, 0.29) is 18.1 Å². The summed E-state index contributed by atoms with van der Waals surface area (Å²) in [5.41, 5.74) is 0. The van der Waals surface area contributed by atoms with Gasteiger partial charge in [0.15, 0.2) is 0 Å². The van der Waals surface area contributed by atoms with Gasteiger partial charge in [0, 0.05) is 19.4 Å². The van der Waals surface area contributed by atoms with E-state index in [0.717, 1.165) is 32.1 Å². The summed E-state index contributed by atoms with van der Waals surface area (Å²) < 4.78 is 26.3. The van der Waals surface area contributed by atoms with Crippen LogP contribution in [-0.4, -0.2) is 39.1 Å². The zero-order chi connectivity index (χ0) is 26.0. The zero-order valence-electron chi connectivity index (χ0n) is 22.3. The summed E-state index contributed by atoms with van der Waals surface area (Å²) in [7, 11) is -3.59. The van der Waals surface area contributed by atoms with Gasteiger partial charge in [-0.15, -0.1) is 0 Å². The van der Waals surface area contributed by atoms with Crippen LogP contribution in [0.3, 0.4) is 0 Å². The zero-order valence-corrected chi connectivity index (χ0v) is 23.1. The van der Waals surface area contributed by atoms with Gasteiger partial charge in [-0.05, 0) is 32.1 Å². The summed E-state index contributed by atoms with van der Waals surface area (Å²) in [6, 6.07) is 0. The van der Waals surface area contributed by atoms with Gasteiger partial charge < -0.3 is 10.2 Å². The van der Waals surface area contributed by atoms with Crippen molar-refractivity contribution < 1.29 is 22.8 Å². The molecular formula is C26H53N3O5S. The van der Waals surface area contributed by atoms with Crippen LogP contribution in [0.5, 0.6) is 0 Å². The van der Waals surface area contributed by atoms with Crippen LogP contribution in [0, 0.1) is 0 Å². The van der Waals surface area contributed by atoms with Gasteiger partial charge in [-0.25, -0.2) is 14.3 Å². The molecule has 0 spiro atoms. The predicted molar refractivity (Wildman–Crippen MR) is 143 cm³/mol. The molecule has 0 aromatic rings. The molecule has 4 N–H and O–H groups in total. The van der Waals surface area contributed by atoms with Crippen molar-refractivity contribution in [2.75, 3.05) is 18.9 Å². The fourth-order valence-electron chi connectivity index (χ4n) is 3.96. The molecule has 0 aliphatic heterocycles. The molecule has 0 radical (unpaired) electrons. The molecule has 0 saturated carbocycles. The van der Waals surface area contributed by atoms with Crippen LogP contribution in [0.1, 0.15) is 135 Å². The van der Waals surface area contributed by atoms with E-state index in [1.165, 1.54) is 64.2 Å². The Morgan fingerprint density at radius 1 is 0.657 bits per heavy atom. The fourth-order valence-corrected chi connectivity index (χ4v) is 5.10. The lowest BCUT2D eigenvalue weighted by atomic mass is 10.0. The molecule has 208 valence electrons. The first-order valence-electron chi connectivity index (χ1n) is 14.0. The number of nitrogens with one attached hydrogen (secondary N) is 2. The highest BCUT2D eigenvalue weighted by atomic mass is 32.2. The maximum absolute atomic E-state index is 12.1. The predicted octanol–water partition coefficient (Wildman–Crippen LogP) is 5.26.